The first-order valence-corrected chi connectivity index (χ1v) is 10.8. The van der Waals surface area contributed by atoms with E-state index in [0.29, 0.717) is 42.2 Å². The Labute approximate surface area is 190 Å². The lowest BCUT2D eigenvalue weighted by Gasteiger charge is -2.14. The number of ether oxygens (including phenoxy) is 1. The van der Waals surface area contributed by atoms with Gasteiger partial charge in [0.25, 0.3) is 5.56 Å². The number of aromatic nitrogens is 4. The van der Waals surface area contributed by atoms with Crippen LogP contribution in [0.1, 0.15) is 19.8 Å². The zero-order valence-corrected chi connectivity index (χ0v) is 19.1. The van der Waals surface area contributed by atoms with Gasteiger partial charge in [0.1, 0.15) is 18.5 Å². The van der Waals surface area contributed by atoms with Gasteiger partial charge in [0.2, 0.25) is 5.91 Å². The Bertz CT molecular complexity index is 1210. The van der Waals surface area contributed by atoms with Crippen LogP contribution in [0, 0.1) is 0 Å². The Morgan fingerprint density at radius 3 is 2.58 bits per heavy atom. The minimum absolute atomic E-state index is 0.139. The van der Waals surface area contributed by atoms with Crippen molar-refractivity contribution in [3.63, 3.8) is 0 Å². The Morgan fingerprint density at radius 2 is 1.88 bits per heavy atom. The number of carbonyl (C=O) groups is 1. The number of unbranched alkanes of at least 4 members (excludes halogenated alkanes) is 1. The second-order valence-corrected chi connectivity index (χ2v) is 7.90. The predicted molar refractivity (Wildman–Crippen MR) is 125 cm³/mol. The predicted octanol–water partition coefficient (Wildman–Crippen LogP) is 0.202. The third kappa shape index (κ3) is 6.08. The largest absolute Gasteiger partial charge is 0.491 e. The number of aliphatic hydroxyl groups is 1. The van der Waals surface area contributed by atoms with Gasteiger partial charge in [0, 0.05) is 39.8 Å². The molecule has 1 amide bonds. The molecule has 0 saturated carbocycles. The molecule has 0 aliphatic carbocycles. The van der Waals surface area contributed by atoms with Gasteiger partial charge in [0.05, 0.1) is 6.33 Å². The molecule has 0 aliphatic rings. The second kappa shape index (κ2) is 10.9. The molecular formula is C22H30N6O5. The number of fused-ring (bicyclic) bond motifs is 1. The van der Waals surface area contributed by atoms with Crippen molar-refractivity contribution in [2.75, 3.05) is 25.0 Å². The molecule has 1 atom stereocenters. The maximum absolute atomic E-state index is 12.4. The summed E-state index contributed by atoms with van der Waals surface area (Å²) in [6.45, 7) is 3.29. The molecule has 33 heavy (non-hydrogen) atoms. The van der Waals surface area contributed by atoms with Crippen molar-refractivity contribution >= 4 is 22.8 Å². The van der Waals surface area contributed by atoms with Crippen LogP contribution in [0.3, 0.4) is 0 Å². The van der Waals surface area contributed by atoms with Crippen LogP contribution in [0.2, 0.25) is 0 Å². The van der Waals surface area contributed by atoms with E-state index in [9.17, 15) is 19.5 Å². The van der Waals surface area contributed by atoms with Gasteiger partial charge in [-0.2, -0.15) is 0 Å². The van der Waals surface area contributed by atoms with Crippen LogP contribution in [-0.2, 0) is 25.4 Å². The van der Waals surface area contributed by atoms with Crippen LogP contribution < -0.4 is 26.6 Å². The van der Waals surface area contributed by atoms with Gasteiger partial charge in [0.15, 0.2) is 11.2 Å². The average Bonchev–Trinajstić information content (AvgIpc) is 3.21. The number of nitrogens with one attached hydrogen (secondary N) is 2. The Hall–Kier alpha value is -3.44. The summed E-state index contributed by atoms with van der Waals surface area (Å²) in [6, 6.07) is 6.94. The van der Waals surface area contributed by atoms with Gasteiger partial charge in [-0.15, -0.1) is 0 Å². The van der Waals surface area contributed by atoms with E-state index in [0.717, 1.165) is 17.4 Å². The quantitative estimate of drug-likeness (QED) is 0.350. The zero-order chi connectivity index (χ0) is 24.0. The van der Waals surface area contributed by atoms with Crippen LogP contribution in [0.25, 0.3) is 11.2 Å². The van der Waals surface area contributed by atoms with Crippen molar-refractivity contribution in [1.29, 1.82) is 0 Å². The highest BCUT2D eigenvalue weighted by Gasteiger charge is 2.13. The fraction of sp³-hybridized carbons (Fsp3) is 0.455. The van der Waals surface area contributed by atoms with E-state index in [2.05, 4.69) is 15.6 Å². The molecule has 178 valence electrons. The molecule has 0 fully saturated rings. The molecule has 3 N–H and O–H groups in total. The molecule has 11 heteroatoms. The highest BCUT2D eigenvalue weighted by molar-refractivity contribution is 5.88. The van der Waals surface area contributed by atoms with Gasteiger partial charge in [-0.25, -0.2) is 9.78 Å². The van der Waals surface area contributed by atoms with E-state index in [4.69, 9.17) is 4.74 Å². The minimum atomic E-state index is -0.665. The molecular weight excluding hydrogens is 428 g/mol. The van der Waals surface area contributed by atoms with Crippen molar-refractivity contribution in [2.24, 2.45) is 14.1 Å². The smallest absolute Gasteiger partial charge is 0.332 e. The van der Waals surface area contributed by atoms with E-state index >= 15 is 0 Å². The summed E-state index contributed by atoms with van der Waals surface area (Å²) in [5.74, 6) is 0.471. The number of aliphatic hydroxyl groups excluding tert-OH is 1. The van der Waals surface area contributed by atoms with Crippen molar-refractivity contribution in [1.82, 2.24) is 24.0 Å². The van der Waals surface area contributed by atoms with Crippen LogP contribution in [-0.4, -0.2) is 55.5 Å². The monoisotopic (exact) mass is 458 g/mol. The number of benzene rings is 1. The molecule has 2 heterocycles. The summed E-state index contributed by atoms with van der Waals surface area (Å²) < 4.78 is 9.80. The molecule has 2 aromatic heterocycles. The molecule has 0 radical (unpaired) electrons. The first-order chi connectivity index (χ1) is 15.8. The number of carbonyl (C=O) groups excluding carboxylic acids is 1. The fourth-order valence-electron chi connectivity index (χ4n) is 3.46. The Balaban J connectivity index is 1.37. The van der Waals surface area contributed by atoms with Crippen molar-refractivity contribution in [2.45, 2.75) is 32.4 Å². The Kier molecular flexibility index (Phi) is 8.01. The number of rotatable bonds is 11. The normalized spacial score (nSPS) is 12.1. The first-order valence-electron chi connectivity index (χ1n) is 10.8. The summed E-state index contributed by atoms with van der Waals surface area (Å²) in [7, 11) is 3.06. The maximum Gasteiger partial charge on any atom is 0.332 e. The topological polar surface area (TPSA) is 132 Å². The lowest BCUT2D eigenvalue weighted by molar-refractivity contribution is -0.114. The number of aryl methyl sites for hydroxylation is 2. The van der Waals surface area contributed by atoms with Crippen LogP contribution in [0.15, 0.2) is 40.2 Å². The lowest BCUT2D eigenvalue weighted by atomic mass is 10.3. The summed E-state index contributed by atoms with van der Waals surface area (Å²) in [5, 5.41) is 16.0. The van der Waals surface area contributed by atoms with Crippen LogP contribution in [0.4, 0.5) is 5.69 Å². The standard InChI is InChI=1S/C22H30N6O5/c1-15(29)25-16-6-8-18(9-7-16)33-13-17(30)12-23-10-4-5-11-28-14-24-20-19(28)21(31)27(3)22(32)26(20)2/h6-9,14,17,23,30H,4-5,10-13H2,1-3H3,(H,25,29). The third-order valence-corrected chi connectivity index (χ3v) is 5.22. The van der Waals surface area contributed by atoms with E-state index in [1.54, 1.807) is 42.2 Å². The third-order valence-electron chi connectivity index (χ3n) is 5.22. The summed E-state index contributed by atoms with van der Waals surface area (Å²) in [6.07, 6.45) is 2.56. The number of amides is 1. The molecule has 3 aromatic rings. The molecule has 11 nitrogen and oxygen atoms in total. The SMILES string of the molecule is CC(=O)Nc1ccc(OCC(O)CNCCCCn2cnc3c2c(=O)n(C)c(=O)n3C)cc1. The lowest BCUT2D eigenvalue weighted by Crippen LogP contribution is -2.37. The van der Waals surface area contributed by atoms with Crippen molar-refractivity contribution in [3.8, 4) is 5.75 Å². The summed E-state index contributed by atoms with van der Waals surface area (Å²) in [5.41, 5.74) is 0.743. The molecule has 3 rings (SSSR count). The number of imidazole rings is 1. The number of anilines is 1. The molecule has 1 unspecified atom stereocenters. The zero-order valence-electron chi connectivity index (χ0n) is 19.1. The van der Waals surface area contributed by atoms with Crippen LogP contribution >= 0.6 is 0 Å². The average molecular weight is 459 g/mol. The second-order valence-electron chi connectivity index (χ2n) is 7.90. The first kappa shape index (κ1) is 24.2. The molecule has 0 bridgehead atoms. The van der Waals surface area contributed by atoms with Gasteiger partial charge in [-0.05, 0) is 43.7 Å². The van der Waals surface area contributed by atoms with Crippen molar-refractivity contribution < 1.29 is 14.6 Å². The van der Waals surface area contributed by atoms with E-state index in [1.165, 1.54) is 18.5 Å². The van der Waals surface area contributed by atoms with E-state index in [-0.39, 0.29) is 18.1 Å². The fourth-order valence-corrected chi connectivity index (χ4v) is 3.46. The minimum Gasteiger partial charge on any atom is -0.491 e. The van der Waals surface area contributed by atoms with Gasteiger partial charge < -0.3 is 25.0 Å². The van der Waals surface area contributed by atoms with Crippen molar-refractivity contribution in [3.05, 3.63) is 51.4 Å². The van der Waals surface area contributed by atoms with Gasteiger partial charge in [-0.1, -0.05) is 0 Å². The Morgan fingerprint density at radius 1 is 1.15 bits per heavy atom. The van der Waals surface area contributed by atoms with Gasteiger partial charge >= 0.3 is 5.69 Å². The van der Waals surface area contributed by atoms with Crippen LogP contribution in [0.5, 0.6) is 5.75 Å². The summed E-state index contributed by atoms with van der Waals surface area (Å²) >= 11 is 0. The highest BCUT2D eigenvalue weighted by atomic mass is 16.5. The number of nitrogens with zero attached hydrogens (tertiary/aromatic N) is 4. The highest BCUT2D eigenvalue weighted by Crippen LogP contribution is 2.15. The molecule has 0 saturated heterocycles. The molecule has 1 aromatic carbocycles. The van der Waals surface area contributed by atoms with Gasteiger partial charge in [-0.3, -0.25) is 18.7 Å². The van der Waals surface area contributed by atoms with E-state index < -0.39 is 11.8 Å². The molecule has 0 spiro atoms. The van der Waals surface area contributed by atoms with E-state index in [1.807, 2.05) is 0 Å². The molecule has 0 aliphatic heterocycles. The number of hydrogen-bond acceptors (Lipinski definition) is 7. The summed E-state index contributed by atoms with van der Waals surface area (Å²) in [4.78, 5) is 39.7. The number of hydrogen-bond donors (Lipinski definition) is 3. The maximum atomic E-state index is 12.4.